The summed E-state index contributed by atoms with van der Waals surface area (Å²) in [6.07, 6.45) is 2.83. The third kappa shape index (κ3) is 4.40. The van der Waals surface area contributed by atoms with Crippen molar-refractivity contribution in [3.8, 4) is 0 Å². The fourth-order valence-corrected chi connectivity index (χ4v) is 2.46. The van der Waals surface area contributed by atoms with Gasteiger partial charge < -0.3 is 14.8 Å². The van der Waals surface area contributed by atoms with Crippen molar-refractivity contribution in [2.24, 2.45) is 11.8 Å². The minimum absolute atomic E-state index is 0.361. The first-order valence-electron chi connectivity index (χ1n) is 6.49. The standard InChI is InChI=1S/C13H27NO2/c1-10(2)14-8-12-6-5-7-16-13(12)11(3)9-15-4/h10-14H,5-9H2,1-4H3. The van der Waals surface area contributed by atoms with Crippen molar-refractivity contribution in [1.29, 1.82) is 0 Å². The molecule has 1 aliphatic heterocycles. The van der Waals surface area contributed by atoms with Gasteiger partial charge in [0.05, 0.1) is 12.7 Å². The molecule has 1 aliphatic rings. The van der Waals surface area contributed by atoms with E-state index in [4.69, 9.17) is 9.47 Å². The molecule has 0 aliphatic carbocycles. The second-order valence-corrected chi connectivity index (χ2v) is 5.23. The molecular weight excluding hydrogens is 202 g/mol. The lowest BCUT2D eigenvalue weighted by molar-refractivity contribution is -0.0708. The molecule has 3 unspecified atom stereocenters. The maximum Gasteiger partial charge on any atom is 0.0662 e. The molecule has 3 nitrogen and oxygen atoms in total. The summed E-state index contributed by atoms with van der Waals surface area (Å²) < 4.78 is 11.1. The average molecular weight is 229 g/mol. The minimum Gasteiger partial charge on any atom is -0.384 e. The van der Waals surface area contributed by atoms with Gasteiger partial charge in [-0.1, -0.05) is 20.8 Å². The highest BCUT2D eigenvalue weighted by atomic mass is 16.5. The fraction of sp³-hybridized carbons (Fsp3) is 1.00. The predicted molar refractivity (Wildman–Crippen MR) is 66.6 cm³/mol. The minimum atomic E-state index is 0.361. The van der Waals surface area contributed by atoms with Gasteiger partial charge in [-0.2, -0.15) is 0 Å². The van der Waals surface area contributed by atoms with Gasteiger partial charge in [0.25, 0.3) is 0 Å². The quantitative estimate of drug-likeness (QED) is 0.756. The van der Waals surface area contributed by atoms with E-state index in [9.17, 15) is 0 Å². The highest BCUT2D eigenvalue weighted by molar-refractivity contribution is 4.81. The normalized spacial score (nSPS) is 28.3. The molecule has 16 heavy (non-hydrogen) atoms. The van der Waals surface area contributed by atoms with Crippen LogP contribution in [0.4, 0.5) is 0 Å². The molecule has 96 valence electrons. The average Bonchev–Trinajstić information content (AvgIpc) is 2.27. The Morgan fingerprint density at radius 2 is 2.12 bits per heavy atom. The molecule has 1 rings (SSSR count). The monoisotopic (exact) mass is 229 g/mol. The first-order valence-corrected chi connectivity index (χ1v) is 6.49. The highest BCUT2D eigenvalue weighted by Crippen LogP contribution is 2.26. The van der Waals surface area contributed by atoms with Crippen LogP contribution in [-0.4, -0.2) is 39.0 Å². The van der Waals surface area contributed by atoms with Crippen LogP contribution in [0.3, 0.4) is 0 Å². The summed E-state index contributed by atoms with van der Waals surface area (Å²) in [5.74, 6) is 1.13. The zero-order chi connectivity index (χ0) is 12.0. The Morgan fingerprint density at radius 3 is 2.75 bits per heavy atom. The Balaban J connectivity index is 2.43. The molecule has 1 saturated heterocycles. The molecule has 0 amide bonds. The zero-order valence-electron chi connectivity index (χ0n) is 11.2. The smallest absolute Gasteiger partial charge is 0.0662 e. The van der Waals surface area contributed by atoms with Gasteiger partial charge in [0.1, 0.15) is 0 Å². The van der Waals surface area contributed by atoms with Crippen LogP contribution in [0.15, 0.2) is 0 Å². The molecule has 0 spiro atoms. The summed E-state index contributed by atoms with van der Waals surface area (Å²) in [5, 5.41) is 3.52. The van der Waals surface area contributed by atoms with Gasteiger partial charge in [-0.15, -0.1) is 0 Å². The zero-order valence-corrected chi connectivity index (χ0v) is 11.2. The van der Waals surface area contributed by atoms with Crippen molar-refractivity contribution in [2.75, 3.05) is 26.9 Å². The van der Waals surface area contributed by atoms with Crippen molar-refractivity contribution in [3.05, 3.63) is 0 Å². The van der Waals surface area contributed by atoms with Crippen LogP contribution in [0.2, 0.25) is 0 Å². The van der Waals surface area contributed by atoms with Crippen molar-refractivity contribution >= 4 is 0 Å². The lowest BCUT2D eigenvalue weighted by Crippen LogP contribution is -2.43. The number of methoxy groups -OCH3 is 1. The third-order valence-electron chi connectivity index (χ3n) is 3.27. The molecular formula is C13H27NO2. The molecule has 3 atom stereocenters. The van der Waals surface area contributed by atoms with Crippen LogP contribution in [0.1, 0.15) is 33.6 Å². The van der Waals surface area contributed by atoms with Gasteiger partial charge in [-0.3, -0.25) is 0 Å². The number of ether oxygens (including phenoxy) is 2. The highest BCUT2D eigenvalue weighted by Gasteiger charge is 2.30. The van der Waals surface area contributed by atoms with Gasteiger partial charge >= 0.3 is 0 Å². The lowest BCUT2D eigenvalue weighted by Gasteiger charge is -2.36. The molecule has 1 heterocycles. The largest absolute Gasteiger partial charge is 0.384 e. The van der Waals surface area contributed by atoms with E-state index in [-0.39, 0.29) is 0 Å². The van der Waals surface area contributed by atoms with E-state index in [1.165, 1.54) is 12.8 Å². The SMILES string of the molecule is COCC(C)C1OCCCC1CNC(C)C. The van der Waals surface area contributed by atoms with Crippen LogP contribution < -0.4 is 5.32 Å². The summed E-state index contributed by atoms with van der Waals surface area (Å²) in [4.78, 5) is 0. The molecule has 0 aromatic carbocycles. The Morgan fingerprint density at radius 1 is 1.38 bits per heavy atom. The Kier molecular flexibility index (Phi) is 6.32. The predicted octanol–water partition coefficient (Wildman–Crippen LogP) is 2.06. The van der Waals surface area contributed by atoms with Gasteiger partial charge in [0.15, 0.2) is 0 Å². The third-order valence-corrected chi connectivity index (χ3v) is 3.27. The van der Waals surface area contributed by atoms with Crippen molar-refractivity contribution in [3.63, 3.8) is 0 Å². The molecule has 1 fully saturated rings. The Labute approximate surface area is 99.9 Å². The topological polar surface area (TPSA) is 30.5 Å². The maximum atomic E-state index is 5.92. The van der Waals surface area contributed by atoms with E-state index >= 15 is 0 Å². The molecule has 0 aromatic rings. The summed E-state index contributed by atoms with van der Waals surface area (Å²) in [7, 11) is 1.76. The fourth-order valence-electron chi connectivity index (χ4n) is 2.46. The van der Waals surface area contributed by atoms with E-state index in [2.05, 4.69) is 26.1 Å². The van der Waals surface area contributed by atoms with Gasteiger partial charge in [0, 0.05) is 32.2 Å². The van der Waals surface area contributed by atoms with E-state index in [1.807, 2.05) is 0 Å². The van der Waals surface area contributed by atoms with E-state index in [0.717, 1.165) is 19.8 Å². The van der Waals surface area contributed by atoms with Crippen LogP contribution >= 0.6 is 0 Å². The Bertz CT molecular complexity index is 185. The summed E-state index contributed by atoms with van der Waals surface area (Å²) in [6, 6.07) is 0.556. The second-order valence-electron chi connectivity index (χ2n) is 5.23. The molecule has 0 bridgehead atoms. The van der Waals surface area contributed by atoms with Gasteiger partial charge in [-0.25, -0.2) is 0 Å². The second kappa shape index (κ2) is 7.25. The summed E-state index contributed by atoms with van der Waals surface area (Å²) in [5.41, 5.74) is 0. The van der Waals surface area contributed by atoms with Crippen molar-refractivity contribution in [1.82, 2.24) is 5.32 Å². The van der Waals surface area contributed by atoms with Crippen LogP contribution in [0, 0.1) is 11.8 Å². The van der Waals surface area contributed by atoms with Gasteiger partial charge in [0.2, 0.25) is 0 Å². The van der Waals surface area contributed by atoms with Gasteiger partial charge in [-0.05, 0) is 18.8 Å². The first-order chi connectivity index (χ1) is 7.65. The molecule has 1 N–H and O–H groups in total. The van der Waals surface area contributed by atoms with E-state index in [1.54, 1.807) is 7.11 Å². The van der Waals surface area contributed by atoms with Crippen molar-refractivity contribution in [2.45, 2.75) is 45.8 Å². The van der Waals surface area contributed by atoms with E-state index < -0.39 is 0 Å². The Hall–Kier alpha value is -0.120. The van der Waals surface area contributed by atoms with Crippen LogP contribution in [0.5, 0.6) is 0 Å². The molecule has 0 saturated carbocycles. The van der Waals surface area contributed by atoms with Crippen LogP contribution in [-0.2, 0) is 9.47 Å². The summed E-state index contributed by atoms with van der Waals surface area (Å²) >= 11 is 0. The molecule has 0 aromatic heterocycles. The van der Waals surface area contributed by atoms with E-state index in [0.29, 0.717) is 24.0 Å². The number of nitrogens with one attached hydrogen (secondary N) is 1. The maximum absolute atomic E-state index is 5.92. The first kappa shape index (κ1) is 13.9. The van der Waals surface area contributed by atoms with Crippen LogP contribution in [0.25, 0.3) is 0 Å². The van der Waals surface area contributed by atoms with Crippen molar-refractivity contribution < 1.29 is 9.47 Å². The number of hydrogen-bond donors (Lipinski definition) is 1. The number of rotatable bonds is 6. The molecule has 3 heteroatoms. The number of hydrogen-bond acceptors (Lipinski definition) is 3. The molecule has 0 radical (unpaired) electrons. The summed E-state index contributed by atoms with van der Waals surface area (Å²) in [6.45, 7) is 9.38. The lowest BCUT2D eigenvalue weighted by atomic mass is 9.86.